The molecule has 0 amide bonds. The van der Waals surface area contributed by atoms with Crippen LogP contribution in [-0.2, 0) is 5.41 Å². The normalized spacial score (nSPS) is 13.7. The average molecular weight is 539 g/mol. The van der Waals surface area contributed by atoms with Gasteiger partial charge in [0.2, 0.25) is 0 Å². The molecule has 1 aliphatic carbocycles. The number of hydrogen-bond donors (Lipinski definition) is 0. The number of nitrogens with zero attached hydrogens (tertiary/aromatic N) is 2. The van der Waals surface area contributed by atoms with Crippen LogP contribution in [0.1, 0.15) is 25.0 Å². The lowest BCUT2D eigenvalue weighted by molar-refractivity contribution is 0.658. The number of benzene rings is 6. The molecule has 9 rings (SSSR count). The third kappa shape index (κ3) is 3.16. The van der Waals surface area contributed by atoms with E-state index in [-0.39, 0.29) is 5.41 Å². The summed E-state index contributed by atoms with van der Waals surface area (Å²) < 4.78 is 6.71. The van der Waals surface area contributed by atoms with Gasteiger partial charge < -0.3 is 4.42 Å². The van der Waals surface area contributed by atoms with E-state index < -0.39 is 0 Å². The summed E-state index contributed by atoms with van der Waals surface area (Å²) in [5.74, 6) is 0.667. The molecule has 0 radical (unpaired) electrons. The maximum Gasteiger partial charge on any atom is 0.164 e. The van der Waals surface area contributed by atoms with Gasteiger partial charge in [-0.2, -0.15) is 0 Å². The van der Waals surface area contributed by atoms with E-state index in [9.17, 15) is 0 Å². The van der Waals surface area contributed by atoms with Crippen molar-refractivity contribution in [3.63, 3.8) is 0 Å². The number of hydrogen-bond acceptors (Lipinski definition) is 3. The first-order valence-corrected chi connectivity index (χ1v) is 14.4. The molecule has 2 heterocycles. The Morgan fingerprint density at radius 2 is 1.31 bits per heavy atom. The Kier molecular flexibility index (Phi) is 4.67. The molecule has 0 bridgehead atoms. The van der Waals surface area contributed by atoms with Crippen molar-refractivity contribution in [3.05, 3.63) is 132 Å². The van der Waals surface area contributed by atoms with E-state index >= 15 is 0 Å². The number of fused-ring (bicyclic) bond motifs is 9. The molecule has 3 nitrogen and oxygen atoms in total. The molecule has 0 N–H and O–H groups in total. The van der Waals surface area contributed by atoms with Crippen LogP contribution in [0.4, 0.5) is 0 Å². The Labute approximate surface area is 243 Å². The second-order valence-corrected chi connectivity index (χ2v) is 11.8. The van der Waals surface area contributed by atoms with Gasteiger partial charge in [0.15, 0.2) is 5.82 Å². The molecule has 0 atom stereocenters. The molecule has 6 aromatic carbocycles. The van der Waals surface area contributed by atoms with Gasteiger partial charge in [0.05, 0.1) is 16.8 Å². The third-order valence-corrected chi connectivity index (χ3v) is 9.08. The topological polar surface area (TPSA) is 38.9 Å². The highest BCUT2D eigenvalue weighted by Gasteiger charge is 2.36. The molecule has 0 spiro atoms. The molecule has 0 unspecified atom stereocenters. The van der Waals surface area contributed by atoms with Gasteiger partial charge in [-0.05, 0) is 51.9 Å². The summed E-state index contributed by atoms with van der Waals surface area (Å²) in [6.07, 6.45) is 0. The second-order valence-electron chi connectivity index (χ2n) is 11.8. The maximum atomic E-state index is 6.71. The standard InChI is InChI=1S/C39H26N2O/c1-39(2)32-18-9-8-15-26(32)30-22-34-31(21-33(30)39)27-16-10-17-29(37(27)42-34)38-40-35(24-12-4-3-5-13-24)28-20-19-23-11-6-7-14-25(23)36(28)41-38/h3-22H,1-2H3. The molecule has 3 heteroatoms. The highest BCUT2D eigenvalue weighted by atomic mass is 16.3. The van der Waals surface area contributed by atoms with Crippen molar-refractivity contribution in [2.75, 3.05) is 0 Å². The summed E-state index contributed by atoms with van der Waals surface area (Å²) in [6.45, 7) is 4.63. The monoisotopic (exact) mass is 538 g/mol. The zero-order chi connectivity index (χ0) is 28.0. The number of furan rings is 1. The van der Waals surface area contributed by atoms with Crippen LogP contribution in [0.5, 0.6) is 0 Å². The first-order valence-electron chi connectivity index (χ1n) is 14.4. The van der Waals surface area contributed by atoms with E-state index in [0.29, 0.717) is 5.82 Å². The lowest BCUT2D eigenvalue weighted by Crippen LogP contribution is -2.14. The highest BCUT2D eigenvalue weighted by Crippen LogP contribution is 2.51. The molecule has 0 saturated heterocycles. The molecular weight excluding hydrogens is 512 g/mol. The Hall–Kier alpha value is -5.28. The predicted molar refractivity (Wildman–Crippen MR) is 173 cm³/mol. The SMILES string of the molecule is CC1(C)c2ccccc2-c2cc3oc4c(-c5nc(-c6ccccc6)c6ccc7ccccc7c6n5)cccc4c3cc21. The molecule has 0 aliphatic heterocycles. The van der Waals surface area contributed by atoms with E-state index in [2.05, 4.69) is 129 Å². The number of aromatic nitrogens is 2. The molecule has 8 aromatic rings. The lowest BCUT2D eigenvalue weighted by atomic mass is 9.82. The van der Waals surface area contributed by atoms with Crippen LogP contribution in [0, 0.1) is 0 Å². The van der Waals surface area contributed by atoms with Crippen LogP contribution >= 0.6 is 0 Å². The van der Waals surface area contributed by atoms with E-state index in [1.165, 1.54) is 22.3 Å². The Morgan fingerprint density at radius 3 is 2.21 bits per heavy atom. The second kappa shape index (κ2) is 8.37. The molecule has 2 aromatic heterocycles. The van der Waals surface area contributed by atoms with Crippen molar-refractivity contribution in [2.45, 2.75) is 19.3 Å². The van der Waals surface area contributed by atoms with Crippen molar-refractivity contribution >= 4 is 43.6 Å². The Balaban J connectivity index is 1.34. The van der Waals surface area contributed by atoms with E-state index in [1.807, 2.05) is 6.07 Å². The summed E-state index contributed by atoms with van der Waals surface area (Å²) >= 11 is 0. The van der Waals surface area contributed by atoms with Crippen molar-refractivity contribution < 1.29 is 4.42 Å². The third-order valence-electron chi connectivity index (χ3n) is 9.08. The van der Waals surface area contributed by atoms with E-state index in [1.54, 1.807) is 0 Å². The van der Waals surface area contributed by atoms with E-state index in [4.69, 9.17) is 14.4 Å². The van der Waals surface area contributed by atoms with Gasteiger partial charge in [-0.1, -0.05) is 111 Å². The minimum Gasteiger partial charge on any atom is -0.455 e. The van der Waals surface area contributed by atoms with Gasteiger partial charge in [0.25, 0.3) is 0 Å². The van der Waals surface area contributed by atoms with Crippen molar-refractivity contribution in [3.8, 4) is 33.8 Å². The molecule has 42 heavy (non-hydrogen) atoms. The minimum atomic E-state index is -0.0750. The fourth-order valence-electron chi connectivity index (χ4n) is 6.97. The van der Waals surface area contributed by atoms with E-state index in [0.717, 1.165) is 60.4 Å². The number of rotatable bonds is 2. The van der Waals surface area contributed by atoms with Gasteiger partial charge in [0, 0.05) is 32.5 Å². The van der Waals surface area contributed by atoms with Gasteiger partial charge in [0.1, 0.15) is 11.2 Å². The summed E-state index contributed by atoms with van der Waals surface area (Å²) in [5.41, 5.74) is 10.7. The van der Waals surface area contributed by atoms with Gasteiger partial charge in [-0.25, -0.2) is 9.97 Å². The van der Waals surface area contributed by atoms with Gasteiger partial charge in [-0.15, -0.1) is 0 Å². The summed E-state index contributed by atoms with van der Waals surface area (Å²) in [4.78, 5) is 10.4. The smallest absolute Gasteiger partial charge is 0.164 e. The highest BCUT2D eigenvalue weighted by molar-refractivity contribution is 6.13. The molecule has 0 saturated carbocycles. The lowest BCUT2D eigenvalue weighted by Gasteiger charge is -2.21. The zero-order valence-corrected chi connectivity index (χ0v) is 23.3. The first-order chi connectivity index (χ1) is 20.6. The summed E-state index contributed by atoms with van der Waals surface area (Å²) in [5, 5.41) is 5.52. The molecule has 198 valence electrons. The van der Waals surface area contributed by atoms with Crippen LogP contribution in [0.2, 0.25) is 0 Å². The maximum absolute atomic E-state index is 6.71. The Morgan fingerprint density at radius 1 is 0.548 bits per heavy atom. The largest absolute Gasteiger partial charge is 0.455 e. The van der Waals surface area contributed by atoms with Gasteiger partial charge in [-0.3, -0.25) is 0 Å². The van der Waals surface area contributed by atoms with Crippen LogP contribution < -0.4 is 0 Å². The van der Waals surface area contributed by atoms with Crippen molar-refractivity contribution in [2.24, 2.45) is 0 Å². The Bertz CT molecular complexity index is 2380. The van der Waals surface area contributed by atoms with Crippen molar-refractivity contribution in [1.82, 2.24) is 9.97 Å². The minimum absolute atomic E-state index is 0.0750. The molecular formula is C39H26N2O. The zero-order valence-electron chi connectivity index (χ0n) is 23.3. The van der Waals surface area contributed by atoms with Crippen LogP contribution in [0.25, 0.3) is 77.4 Å². The fourth-order valence-corrected chi connectivity index (χ4v) is 6.97. The van der Waals surface area contributed by atoms with Gasteiger partial charge >= 0.3 is 0 Å². The quantitative estimate of drug-likeness (QED) is 0.206. The first kappa shape index (κ1) is 23.4. The molecule has 0 fully saturated rings. The number of para-hydroxylation sites is 1. The summed E-state index contributed by atoms with van der Waals surface area (Å²) in [7, 11) is 0. The van der Waals surface area contributed by atoms with Crippen LogP contribution in [0.15, 0.2) is 126 Å². The predicted octanol–water partition coefficient (Wildman–Crippen LogP) is 10.3. The van der Waals surface area contributed by atoms with Crippen molar-refractivity contribution in [1.29, 1.82) is 0 Å². The fraction of sp³-hybridized carbons (Fsp3) is 0.0769. The molecule has 1 aliphatic rings. The average Bonchev–Trinajstić information content (AvgIpc) is 3.51. The van der Waals surface area contributed by atoms with Crippen LogP contribution in [0.3, 0.4) is 0 Å². The summed E-state index contributed by atoms with van der Waals surface area (Å²) in [6, 6.07) is 42.7. The van der Waals surface area contributed by atoms with Crippen LogP contribution in [-0.4, -0.2) is 9.97 Å².